The Morgan fingerprint density at radius 3 is 2.65 bits per heavy atom. The van der Waals surface area contributed by atoms with Gasteiger partial charge in [0.1, 0.15) is 6.04 Å². The fourth-order valence-electron chi connectivity index (χ4n) is 1.98. The largest absolute Gasteiger partial charge is 0.388 e. The average molecular weight is 305 g/mol. The summed E-state index contributed by atoms with van der Waals surface area (Å²) in [7, 11) is 0. The lowest BCUT2D eigenvalue weighted by atomic mass is 9.94. The molecule has 0 bridgehead atoms. The molecule has 1 atom stereocenters. The molecule has 7 nitrogen and oxygen atoms in total. The van der Waals surface area contributed by atoms with Crippen LogP contribution in [0.15, 0.2) is 0 Å². The summed E-state index contributed by atoms with van der Waals surface area (Å²) in [6, 6.07) is -1.39. The number of aliphatic hydroxyl groups is 1. The lowest BCUT2D eigenvalue weighted by Crippen LogP contribution is -2.53. The second-order valence-corrected chi connectivity index (χ2v) is 5.88. The number of nitrogens with one attached hydrogen (secondary N) is 2. The molecule has 0 spiro atoms. The Balaban J connectivity index is 2.45. The van der Waals surface area contributed by atoms with Crippen molar-refractivity contribution in [1.82, 2.24) is 10.6 Å². The van der Waals surface area contributed by atoms with Gasteiger partial charge in [-0.3, -0.25) is 4.79 Å². The zero-order valence-electron chi connectivity index (χ0n) is 11.7. The molecule has 5 N–H and O–H groups in total. The number of carbonyl (C=O) groups is 2. The molecule has 0 aromatic heterocycles. The Kier molecular flexibility index (Phi) is 7.11. The van der Waals surface area contributed by atoms with Crippen LogP contribution in [-0.2, 0) is 9.53 Å². The van der Waals surface area contributed by atoms with E-state index in [1.54, 1.807) is 11.8 Å². The molecule has 0 saturated carbocycles. The van der Waals surface area contributed by atoms with Crippen LogP contribution in [-0.4, -0.2) is 60.5 Å². The molecular weight excluding hydrogens is 282 g/mol. The van der Waals surface area contributed by atoms with Gasteiger partial charge in [0.05, 0.1) is 5.60 Å². The second-order valence-electron chi connectivity index (χ2n) is 4.90. The molecule has 1 fully saturated rings. The van der Waals surface area contributed by atoms with Gasteiger partial charge in [-0.1, -0.05) is 0 Å². The van der Waals surface area contributed by atoms with Crippen molar-refractivity contribution >= 4 is 23.7 Å². The van der Waals surface area contributed by atoms with Gasteiger partial charge in [0, 0.05) is 32.6 Å². The van der Waals surface area contributed by atoms with Gasteiger partial charge in [0.2, 0.25) is 5.91 Å². The lowest BCUT2D eigenvalue weighted by Gasteiger charge is -2.32. The molecule has 8 heteroatoms. The Hall–Kier alpha value is -0.990. The van der Waals surface area contributed by atoms with E-state index in [-0.39, 0.29) is 12.5 Å². The molecule has 116 valence electrons. The van der Waals surface area contributed by atoms with E-state index in [1.165, 1.54) is 0 Å². The minimum atomic E-state index is -0.926. The number of urea groups is 1. The van der Waals surface area contributed by atoms with Crippen LogP contribution >= 0.6 is 11.8 Å². The topological polar surface area (TPSA) is 114 Å². The van der Waals surface area contributed by atoms with Crippen LogP contribution in [0.5, 0.6) is 0 Å². The minimum absolute atomic E-state index is 0.158. The highest BCUT2D eigenvalue weighted by Crippen LogP contribution is 2.19. The molecule has 1 unspecified atom stereocenters. The lowest BCUT2D eigenvalue weighted by molar-refractivity contribution is -0.125. The molecule has 20 heavy (non-hydrogen) atoms. The molecule has 0 aliphatic carbocycles. The number of amides is 3. The summed E-state index contributed by atoms with van der Waals surface area (Å²) in [5.74, 6) is 0.411. The van der Waals surface area contributed by atoms with Crippen LogP contribution in [0.25, 0.3) is 0 Å². The summed E-state index contributed by atoms with van der Waals surface area (Å²) < 4.78 is 5.18. The van der Waals surface area contributed by atoms with E-state index in [0.29, 0.717) is 32.5 Å². The van der Waals surface area contributed by atoms with Crippen LogP contribution in [0.2, 0.25) is 0 Å². The highest BCUT2D eigenvalue weighted by molar-refractivity contribution is 7.98. The number of rotatable bonds is 7. The van der Waals surface area contributed by atoms with Crippen LogP contribution < -0.4 is 16.4 Å². The normalized spacial score (nSPS) is 19.1. The predicted octanol–water partition coefficient (Wildman–Crippen LogP) is -0.566. The first kappa shape index (κ1) is 17.1. The molecule has 0 radical (unpaired) electrons. The van der Waals surface area contributed by atoms with Gasteiger partial charge in [-0.25, -0.2) is 4.79 Å². The Morgan fingerprint density at radius 1 is 1.45 bits per heavy atom. The van der Waals surface area contributed by atoms with Gasteiger partial charge in [0.25, 0.3) is 0 Å². The number of thioether (sulfide) groups is 1. The monoisotopic (exact) mass is 305 g/mol. The maximum atomic E-state index is 12.0. The van der Waals surface area contributed by atoms with Crippen LogP contribution in [0.4, 0.5) is 4.79 Å². The van der Waals surface area contributed by atoms with Gasteiger partial charge in [-0.05, 0) is 18.4 Å². The van der Waals surface area contributed by atoms with E-state index in [4.69, 9.17) is 10.5 Å². The van der Waals surface area contributed by atoms with Crippen molar-refractivity contribution in [2.45, 2.75) is 30.9 Å². The van der Waals surface area contributed by atoms with E-state index in [9.17, 15) is 14.7 Å². The zero-order valence-corrected chi connectivity index (χ0v) is 12.5. The Morgan fingerprint density at radius 2 is 2.10 bits per heavy atom. The average Bonchev–Trinajstić information content (AvgIpc) is 2.41. The van der Waals surface area contributed by atoms with E-state index >= 15 is 0 Å². The van der Waals surface area contributed by atoms with Crippen LogP contribution in [0.1, 0.15) is 19.3 Å². The summed E-state index contributed by atoms with van der Waals surface area (Å²) in [6.07, 6.45) is 3.40. The number of primary amides is 1. The van der Waals surface area contributed by atoms with Crippen molar-refractivity contribution in [3.63, 3.8) is 0 Å². The fraction of sp³-hybridized carbons (Fsp3) is 0.833. The van der Waals surface area contributed by atoms with Crippen molar-refractivity contribution in [2.75, 3.05) is 31.8 Å². The van der Waals surface area contributed by atoms with Crippen molar-refractivity contribution in [1.29, 1.82) is 0 Å². The fourth-order valence-corrected chi connectivity index (χ4v) is 2.45. The summed E-state index contributed by atoms with van der Waals surface area (Å²) >= 11 is 1.58. The van der Waals surface area contributed by atoms with E-state index in [0.717, 1.165) is 5.75 Å². The van der Waals surface area contributed by atoms with E-state index in [2.05, 4.69) is 10.6 Å². The highest BCUT2D eigenvalue weighted by Gasteiger charge is 2.31. The Bertz CT molecular complexity index is 335. The maximum absolute atomic E-state index is 12.0. The summed E-state index contributed by atoms with van der Waals surface area (Å²) in [4.78, 5) is 22.9. The molecule has 1 aliphatic heterocycles. The van der Waals surface area contributed by atoms with Crippen molar-refractivity contribution in [3.8, 4) is 0 Å². The second kappa shape index (κ2) is 8.33. The summed E-state index contributed by atoms with van der Waals surface area (Å²) in [6.45, 7) is 1.13. The first-order chi connectivity index (χ1) is 9.47. The van der Waals surface area contributed by atoms with Crippen LogP contribution in [0, 0.1) is 0 Å². The minimum Gasteiger partial charge on any atom is -0.388 e. The molecule has 3 amide bonds. The number of nitrogens with two attached hydrogens (primary N) is 1. The molecule has 1 saturated heterocycles. The molecule has 0 aromatic rings. The predicted molar refractivity (Wildman–Crippen MR) is 77.5 cm³/mol. The number of carbonyl (C=O) groups excluding carboxylic acids is 2. The van der Waals surface area contributed by atoms with E-state index in [1.807, 2.05) is 6.26 Å². The SMILES string of the molecule is CSCCC(NC(N)=O)C(=O)NCC1(O)CCOCC1. The third-order valence-corrected chi connectivity index (χ3v) is 3.90. The molecule has 0 aromatic carbocycles. The number of hydrogen-bond donors (Lipinski definition) is 4. The smallest absolute Gasteiger partial charge is 0.312 e. The van der Waals surface area contributed by atoms with Gasteiger partial charge in [-0.15, -0.1) is 0 Å². The van der Waals surface area contributed by atoms with Crippen LogP contribution in [0.3, 0.4) is 0 Å². The number of hydrogen-bond acceptors (Lipinski definition) is 5. The number of ether oxygens (including phenoxy) is 1. The highest BCUT2D eigenvalue weighted by atomic mass is 32.2. The zero-order chi connectivity index (χ0) is 15.0. The summed E-state index contributed by atoms with van der Waals surface area (Å²) in [5, 5.41) is 15.4. The molecule has 1 aliphatic rings. The third kappa shape index (κ3) is 5.98. The first-order valence-corrected chi connectivity index (χ1v) is 7.99. The van der Waals surface area contributed by atoms with Crippen molar-refractivity contribution in [3.05, 3.63) is 0 Å². The van der Waals surface area contributed by atoms with E-state index < -0.39 is 17.7 Å². The third-order valence-electron chi connectivity index (χ3n) is 3.26. The van der Waals surface area contributed by atoms with Gasteiger partial charge in [-0.2, -0.15) is 11.8 Å². The van der Waals surface area contributed by atoms with Gasteiger partial charge < -0.3 is 26.2 Å². The van der Waals surface area contributed by atoms with Crippen molar-refractivity contribution in [2.24, 2.45) is 5.73 Å². The standard InChI is InChI=1S/C12H23N3O4S/c1-20-7-2-9(15-11(13)17)10(16)14-8-12(18)3-5-19-6-4-12/h9,18H,2-8H2,1H3,(H,14,16)(H3,13,15,17). The van der Waals surface area contributed by atoms with Crippen molar-refractivity contribution < 1.29 is 19.4 Å². The quantitative estimate of drug-likeness (QED) is 0.503. The van der Waals surface area contributed by atoms with Gasteiger partial charge >= 0.3 is 6.03 Å². The first-order valence-electron chi connectivity index (χ1n) is 6.59. The maximum Gasteiger partial charge on any atom is 0.312 e. The Labute approximate surface area is 123 Å². The van der Waals surface area contributed by atoms with Gasteiger partial charge in [0.15, 0.2) is 0 Å². The molecule has 1 rings (SSSR count). The molecular formula is C12H23N3O4S. The molecule has 1 heterocycles. The summed E-state index contributed by atoms with van der Waals surface area (Å²) in [5.41, 5.74) is 4.14.